The normalized spacial score (nSPS) is 10.9. The summed E-state index contributed by atoms with van der Waals surface area (Å²) in [7, 11) is 0. The van der Waals surface area contributed by atoms with E-state index in [0.717, 1.165) is 16.8 Å². The van der Waals surface area contributed by atoms with Gasteiger partial charge in [0.2, 0.25) is 0 Å². The lowest BCUT2D eigenvalue weighted by atomic mass is 10.2. The molecule has 0 fully saturated rings. The number of halogens is 3. The first-order valence-electron chi connectivity index (χ1n) is 5.86. The number of benzene rings is 2. The average Bonchev–Trinajstić information content (AvgIpc) is 2.82. The summed E-state index contributed by atoms with van der Waals surface area (Å²) in [4.78, 5) is 4.28. The van der Waals surface area contributed by atoms with Crippen LogP contribution < -0.4 is 5.32 Å². The van der Waals surface area contributed by atoms with Crippen molar-refractivity contribution >= 4 is 26.7 Å². The van der Waals surface area contributed by atoms with Gasteiger partial charge in [0.05, 0.1) is 10.2 Å². The molecule has 0 saturated heterocycles. The van der Waals surface area contributed by atoms with Crippen LogP contribution in [0.25, 0.3) is 10.2 Å². The Balaban J connectivity index is 1.77. The van der Waals surface area contributed by atoms with E-state index in [-0.39, 0.29) is 5.82 Å². The number of anilines is 1. The van der Waals surface area contributed by atoms with Crippen molar-refractivity contribution in [2.24, 2.45) is 0 Å². The summed E-state index contributed by atoms with van der Waals surface area (Å²) in [5, 5.41) is 3.62. The number of hydrogen-bond donors (Lipinski definition) is 1. The molecule has 102 valence electrons. The molecule has 1 heterocycles. The molecule has 20 heavy (non-hydrogen) atoms. The van der Waals surface area contributed by atoms with Gasteiger partial charge >= 0.3 is 0 Å². The Hall–Kier alpha value is -2.08. The zero-order valence-corrected chi connectivity index (χ0v) is 11.0. The molecule has 0 amide bonds. The van der Waals surface area contributed by atoms with Crippen molar-refractivity contribution in [3.05, 3.63) is 59.4 Å². The van der Waals surface area contributed by atoms with Crippen molar-refractivity contribution in [1.29, 1.82) is 0 Å². The Morgan fingerprint density at radius 1 is 1.00 bits per heavy atom. The predicted octanol–water partition coefficient (Wildman–Crippen LogP) is 4.33. The van der Waals surface area contributed by atoms with Gasteiger partial charge in [0, 0.05) is 6.54 Å². The Kier molecular flexibility index (Phi) is 3.31. The molecular formula is C14H9F3N2S. The van der Waals surface area contributed by atoms with Gasteiger partial charge in [-0.2, -0.15) is 0 Å². The van der Waals surface area contributed by atoms with Gasteiger partial charge in [-0.15, -0.1) is 0 Å². The Labute approximate surface area is 116 Å². The van der Waals surface area contributed by atoms with Crippen molar-refractivity contribution in [1.82, 2.24) is 4.98 Å². The van der Waals surface area contributed by atoms with Crippen LogP contribution in [0.15, 0.2) is 36.4 Å². The summed E-state index contributed by atoms with van der Waals surface area (Å²) in [6.07, 6.45) is 0. The highest BCUT2D eigenvalue weighted by molar-refractivity contribution is 7.22. The number of aromatic nitrogens is 1. The fourth-order valence-corrected chi connectivity index (χ4v) is 2.69. The summed E-state index contributed by atoms with van der Waals surface area (Å²) < 4.78 is 39.7. The number of nitrogens with zero attached hydrogens (tertiary/aromatic N) is 1. The maximum absolute atomic E-state index is 13.1. The molecule has 0 saturated carbocycles. The maximum atomic E-state index is 13.1. The van der Waals surface area contributed by atoms with Crippen LogP contribution in [0.4, 0.5) is 18.3 Å². The fourth-order valence-electron chi connectivity index (χ4n) is 1.80. The number of nitrogens with one attached hydrogen (secondary N) is 1. The van der Waals surface area contributed by atoms with E-state index < -0.39 is 11.6 Å². The molecule has 0 spiro atoms. The van der Waals surface area contributed by atoms with E-state index in [1.54, 1.807) is 6.07 Å². The lowest BCUT2D eigenvalue weighted by Gasteiger charge is -2.03. The monoisotopic (exact) mass is 294 g/mol. The Morgan fingerprint density at radius 2 is 1.85 bits per heavy atom. The van der Waals surface area contributed by atoms with E-state index in [1.807, 2.05) is 0 Å². The minimum atomic E-state index is -0.879. The first-order valence-corrected chi connectivity index (χ1v) is 6.67. The van der Waals surface area contributed by atoms with Gasteiger partial charge in [-0.05, 0) is 35.9 Å². The summed E-state index contributed by atoms with van der Waals surface area (Å²) >= 11 is 1.31. The van der Waals surface area contributed by atoms with Gasteiger partial charge < -0.3 is 5.32 Å². The zero-order valence-electron chi connectivity index (χ0n) is 10.2. The quantitative estimate of drug-likeness (QED) is 0.778. The number of thiazole rings is 1. The molecule has 2 aromatic carbocycles. The van der Waals surface area contributed by atoms with E-state index >= 15 is 0 Å². The largest absolute Gasteiger partial charge is 0.357 e. The van der Waals surface area contributed by atoms with Crippen molar-refractivity contribution in [3.8, 4) is 0 Å². The van der Waals surface area contributed by atoms with Gasteiger partial charge in [0.15, 0.2) is 16.8 Å². The Morgan fingerprint density at radius 3 is 2.65 bits per heavy atom. The highest BCUT2D eigenvalue weighted by atomic mass is 32.1. The van der Waals surface area contributed by atoms with E-state index in [0.29, 0.717) is 22.8 Å². The van der Waals surface area contributed by atoms with E-state index in [4.69, 9.17) is 0 Å². The van der Waals surface area contributed by atoms with Gasteiger partial charge in [0.25, 0.3) is 0 Å². The second-order valence-electron chi connectivity index (χ2n) is 4.23. The van der Waals surface area contributed by atoms with Crippen LogP contribution in [0.1, 0.15) is 5.56 Å². The van der Waals surface area contributed by atoms with Crippen molar-refractivity contribution in [3.63, 3.8) is 0 Å². The van der Waals surface area contributed by atoms with Crippen LogP contribution in [0.2, 0.25) is 0 Å². The molecule has 6 heteroatoms. The van der Waals surface area contributed by atoms with Crippen molar-refractivity contribution in [2.75, 3.05) is 5.32 Å². The summed E-state index contributed by atoms with van der Waals surface area (Å²) in [5.41, 5.74) is 1.30. The molecule has 3 rings (SSSR count). The highest BCUT2D eigenvalue weighted by Gasteiger charge is 2.06. The van der Waals surface area contributed by atoms with Crippen LogP contribution >= 0.6 is 11.3 Å². The first-order chi connectivity index (χ1) is 9.61. The van der Waals surface area contributed by atoms with Gasteiger partial charge in [-0.3, -0.25) is 0 Å². The molecule has 0 radical (unpaired) electrons. The minimum absolute atomic E-state index is 0.312. The standard InChI is InChI=1S/C14H9F3N2S/c15-9-2-4-12-13(6-9)20-14(19-12)18-7-8-1-3-10(16)11(17)5-8/h1-6H,7H2,(H,18,19). The van der Waals surface area contributed by atoms with Crippen LogP contribution in [0.5, 0.6) is 0 Å². The van der Waals surface area contributed by atoms with E-state index in [9.17, 15) is 13.2 Å². The number of fused-ring (bicyclic) bond motifs is 1. The molecule has 0 bridgehead atoms. The zero-order chi connectivity index (χ0) is 14.1. The molecule has 2 nitrogen and oxygen atoms in total. The molecule has 0 aliphatic heterocycles. The molecule has 0 aliphatic carbocycles. The molecule has 0 unspecified atom stereocenters. The molecule has 0 aliphatic rings. The van der Waals surface area contributed by atoms with E-state index in [2.05, 4.69) is 10.3 Å². The van der Waals surface area contributed by atoms with Crippen LogP contribution in [0.3, 0.4) is 0 Å². The fraction of sp³-hybridized carbons (Fsp3) is 0.0714. The average molecular weight is 294 g/mol. The third kappa shape index (κ3) is 2.60. The van der Waals surface area contributed by atoms with Gasteiger partial charge in [-0.1, -0.05) is 17.4 Å². The van der Waals surface area contributed by atoms with Crippen LogP contribution in [-0.4, -0.2) is 4.98 Å². The van der Waals surface area contributed by atoms with Crippen molar-refractivity contribution < 1.29 is 13.2 Å². The topological polar surface area (TPSA) is 24.9 Å². The third-order valence-corrected chi connectivity index (χ3v) is 3.75. The second kappa shape index (κ2) is 5.13. The summed E-state index contributed by atoms with van der Waals surface area (Å²) in [6, 6.07) is 8.08. The molecule has 1 aromatic heterocycles. The minimum Gasteiger partial charge on any atom is -0.357 e. The van der Waals surface area contributed by atoms with Crippen LogP contribution in [-0.2, 0) is 6.54 Å². The predicted molar refractivity (Wildman–Crippen MR) is 73.3 cm³/mol. The highest BCUT2D eigenvalue weighted by Crippen LogP contribution is 2.26. The van der Waals surface area contributed by atoms with Gasteiger partial charge in [0.1, 0.15) is 5.82 Å². The Bertz CT molecular complexity index is 770. The van der Waals surface area contributed by atoms with Crippen LogP contribution in [0, 0.1) is 17.5 Å². The maximum Gasteiger partial charge on any atom is 0.184 e. The molecular weight excluding hydrogens is 285 g/mol. The van der Waals surface area contributed by atoms with E-state index in [1.165, 1.54) is 29.5 Å². The summed E-state index contributed by atoms with van der Waals surface area (Å²) in [5.74, 6) is -2.06. The molecule has 0 atom stereocenters. The number of hydrogen-bond acceptors (Lipinski definition) is 3. The second-order valence-corrected chi connectivity index (χ2v) is 5.26. The lowest BCUT2D eigenvalue weighted by Crippen LogP contribution is -1.99. The smallest absolute Gasteiger partial charge is 0.184 e. The first kappa shape index (κ1) is 12.9. The third-order valence-electron chi connectivity index (χ3n) is 2.78. The summed E-state index contributed by atoms with van der Waals surface area (Å²) in [6.45, 7) is 0.319. The number of rotatable bonds is 3. The van der Waals surface area contributed by atoms with Crippen molar-refractivity contribution in [2.45, 2.75) is 6.54 Å². The lowest BCUT2D eigenvalue weighted by molar-refractivity contribution is 0.507. The SMILES string of the molecule is Fc1ccc2nc(NCc3ccc(F)c(F)c3)sc2c1. The van der Waals surface area contributed by atoms with Gasteiger partial charge in [-0.25, -0.2) is 18.2 Å². The molecule has 3 aromatic rings. The molecule has 1 N–H and O–H groups in total.